The highest BCUT2D eigenvalue weighted by Crippen LogP contribution is 2.30. The van der Waals surface area contributed by atoms with Crippen LogP contribution in [-0.4, -0.2) is 50.1 Å². The molecule has 12 nitrogen and oxygen atoms in total. The van der Waals surface area contributed by atoms with Crippen molar-refractivity contribution in [2.24, 2.45) is 17.8 Å². The van der Waals surface area contributed by atoms with Crippen molar-refractivity contribution in [3.63, 3.8) is 0 Å². The number of fused-ring (bicyclic) bond motifs is 1. The average Bonchev–Trinajstić information content (AvgIpc) is 3.79. The van der Waals surface area contributed by atoms with Gasteiger partial charge in [0.05, 0.1) is 33.3 Å². The van der Waals surface area contributed by atoms with Crippen LogP contribution in [0, 0.1) is 29.1 Å². The zero-order chi connectivity index (χ0) is 31.0. The monoisotopic (exact) mass is 606 g/mol. The third-order valence-corrected chi connectivity index (χ3v) is 8.20. The fourth-order valence-electron chi connectivity index (χ4n) is 5.44. The number of hydrogen-bond acceptors (Lipinski definition) is 6. The van der Waals surface area contributed by atoms with Crippen molar-refractivity contribution >= 4 is 51.8 Å². The van der Waals surface area contributed by atoms with Crippen molar-refractivity contribution < 1.29 is 19.5 Å². The van der Waals surface area contributed by atoms with Gasteiger partial charge in [0.2, 0.25) is 5.91 Å². The van der Waals surface area contributed by atoms with E-state index in [1.54, 1.807) is 16.7 Å². The van der Waals surface area contributed by atoms with Gasteiger partial charge >= 0.3 is 17.7 Å². The molecule has 0 bridgehead atoms. The number of piperidine rings is 1. The molecule has 1 saturated heterocycles. The number of carbonyl (C=O) groups is 3. The van der Waals surface area contributed by atoms with Crippen LogP contribution in [-0.2, 0) is 16.1 Å². The molecule has 0 unspecified atom stereocenters. The lowest BCUT2D eigenvalue weighted by atomic mass is 9.88. The van der Waals surface area contributed by atoms with Crippen LogP contribution in [0.1, 0.15) is 44.7 Å². The summed E-state index contributed by atoms with van der Waals surface area (Å²) in [6, 6.07) is 10.2. The molecule has 13 heteroatoms. The molecule has 1 aromatic heterocycles. The number of carboxylic acids is 1. The first-order valence-electron chi connectivity index (χ1n) is 14.0. The zero-order valence-electron chi connectivity index (χ0n) is 23.7. The number of urea groups is 1. The van der Waals surface area contributed by atoms with Crippen LogP contribution < -0.4 is 21.9 Å². The lowest BCUT2D eigenvalue weighted by molar-refractivity contribution is -0.144. The minimum absolute atomic E-state index is 0.0260. The Morgan fingerprint density at radius 2 is 1.72 bits per heavy atom. The van der Waals surface area contributed by atoms with Crippen molar-refractivity contribution in [3.05, 3.63) is 67.8 Å². The molecule has 0 spiro atoms. The van der Waals surface area contributed by atoms with E-state index in [4.69, 9.17) is 16.9 Å². The number of halogens is 1. The number of anilines is 2. The zero-order valence-corrected chi connectivity index (χ0v) is 24.4. The summed E-state index contributed by atoms with van der Waals surface area (Å²) in [7, 11) is 0. The molecule has 3 N–H and O–H groups in total. The van der Waals surface area contributed by atoms with Crippen molar-refractivity contribution in [1.29, 1.82) is 5.26 Å². The Hall–Kier alpha value is -4.63. The number of carboxylic acid groups (broad SMARTS) is 1. The maximum Gasteiger partial charge on any atom is 0.331 e. The second-order valence-corrected chi connectivity index (χ2v) is 11.8. The maximum absolute atomic E-state index is 13.4. The van der Waals surface area contributed by atoms with Gasteiger partial charge in [-0.25, -0.2) is 9.59 Å². The highest BCUT2D eigenvalue weighted by atomic mass is 35.5. The van der Waals surface area contributed by atoms with E-state index in [1.807, 2.05) is 19.9 Å². The number of nitrogens with zero attached hydrogens (tertiary/aromatic N) is 4. The standard InChI is InChI=1S/C30H31ClN6O6/c1-16(2)37-25-8-7-21(10-23(25)27(39)36(30(37)43)13-17-3-4-17)34-29(42)35-14-19(9-20(15-35)28(40)41)26(38)33-22-6-5-18(12-32)24(31)11-22/h5-8,10-11,16-17,19-20H,3-4,9,13-15H2,1-2H3,(H,33,38)(H,34,42)(H,40,41)/t19-,20+/m0/s1. The number of aromatic nitrogens is 2. The SMILES string of the molecule is CC(C)n1c(=O)n(CC2CC2)c(=O)c2cc(NC(=O)N3C[C@H](C(=O)O)C[C@H](C(=O)Nc4ccc(C#N)c(Cl)c4)C3)ccc21. The molecule has 1 saturated carbocycles. The van der Waals surface area contributed by atoms with Gasteiger partial charge in [0, 0.05) is 37.1 Å². The molecule has 224 valence electrons. The minimum atomic E-state index is -1.13. The summed E-state index contributed by atoms with van der Waals surface area (Å²) >= 11 is 6.07. The lowest BCUT2D eigenvalue weighted by Gasteiger charge is -2.35. The van der Waals surface area contributed by atoms with E-state index < -0.39 is 35.3 Å². The van der Waals surface area contributed by atoms with Crippen molar-refractivity contribution in [2.45, 2.75) is 45.7 Å². The minimum Gasteiger partial charge on any atom is -0.481 e. The van der Waals surface area contributed by atoms with Gasteiger partial charge in [-0.2, -0.15) is 5.26 Å². The Morgan fingerprint density at radius 1 is 1.05 bits per heavy atom. The van der Waals surface area contributed by atoms with Crippen molar-refractivity contribution in [2.75, 3.05) is 23.7 Å². The molecule has 0 radical (unpaired) electrons. The Labute approximate surface area is 251 Å². The molecule has 2 aliphatic rings. The van der Waals surface area contributed by atoms with Crippen LogP contribution in [0.4, 0.5) is 16.2 Å². The van der Waals surface area contributed by atoms with E-state index in [1.165, 1.54) is 33.7 Å². The normalized spacial score (nSPS) is 18.3. The van der Waals surface area contributed by atoms with E-state index >= 15 is 0 Å². The summed E-state index contributed by atoms with van der Waals surface area (Å²) in [4.78, 5) is 66.2. The maximum atomic E-state index is 13.4. The number of likely N-dealkylation sites (tertiary alicyclic amines) is 1. The van der Waals surface area contributed by atoms with E-state index in [2.05, 4.69) is 10.6 Å². The first-order valence-corrected chi connectivity index (χ1v) is 14.4. The van der Waals surface area contributed by atoms with Crippen LogP contribution in [0.25, 0.3) is 10.9 Å². The molecular formula is C30H31ClN6O6. The first-order chi connectivity index (χ1) is 20.5. The number of carbonyl (C=O) groups excluding carboxylic acids is 2. The quantitative estimate of drug-likeness (QED) is 0.367. The Balaban J connectivity index is 1.38. The Kier molecular flexibility index (Phi) is 8.28. The molecule has 43 heavy (non-hydrogen) atoms. The fourth-order valence-corrected chi connectivity index (χ4v) is 5.67. The van der Waals surface area contributed by atoms with Gasteiger partial charge in [0.15, 0.2) is 0 Å². The number of amides is 3. The van der Waals surface area contributed by atoms with Crippen molar-refractivity contribution in [1.82, 2.24) is 14.0 Å². The predicted octanol–water partition coefficient (Wildman–Crippen LogP) is 3.87. The molecule has 2 atom stereocenters. The number of nitriles is 1. The van der Waals surface area contributed by atoms with E-state index in [9.17, 15) is 29.1 Å². The van der Waals surface area contributed by atoms with Gasteiger partial charge in [-0.3, -0.25) is 23.5 Å². The summed E-state index contributed by atoms with van der Waals surface area (Å²) in [5.41, 5.74) is 0.547. The molecule has 1 aliphatic heterocycles. The van der Waals surface area contributed by atoms with Gasteiger partial charge in [0.25, 0.3) is 5.56 Å². The van der Waals surface area contributed by atoms with Crippen LogP contribution in [0.2, 0.25) is 5.02 Å². The van der Waals surface area contributed by atoms with Crippen molar-refractivity contribution in [3.8, 4) is 6.07 Å². The largest absolute Gasteiger partial charge is 0.481 e. The Bertz CT molecular complexity index is 1790. The van der Waals surface area contributed by atoms with Gasteiger partial charge in [-0.1, -0.05) is 11.6 Å². The fraction of sp³-hybridized carbons (Fsp3) is 0.400. The predicted molar refractivity (Wildman–Crippen MR) is 160 cm³/mol. The third-order valence-electron chi connectivity index (χ3n) is 7.89. The van der Waals surface area contributed by atoms with E-state index in [0.717, 1.165) is 12.8 Å². The molecule has 3 amide bonds. The highest BCUT2D eigenvalue weighted by Gasteiger charge is 2.37. The summed E-state index contributed by atoms with van der Waals surface area (Å²) in [6.45, 7) is 3.92. The second kappa shape index (κ2) is 11.9. The number of rotatable bonds is 7. The van der Waals surface area contributed by atoms with Crippen LogP contribution in [0.3, 0.4) is 0 Å². The summed E-state index contributed by atoms with van der Waals surface area (Å²) in [5, 5.41) is 24.7. The number of hydrogen-bond donors (Lipinski definition) is 3. The number of nitrogens with one attached hydrogen (secondary N) is 2. The molecule has 2 heterocycles. The van der Waals surface area contributed by atoms with E-state index in [-0.39, 0.29) is 47.2 Å². The topological polar surface area (TPSA) is 167 Å². The molecule has 1 aliphatic carbocycles. The van der Waals surface area contributed by atoms with Crippen LogP contribution in [0.5, 0.6) is 0 Å². The average molecular weight is 607 g/mol. The Morgan fingerprint density at radius 3 is 2.35 bits per heavy atom. The smallest absolute Gasteiger partial charge is 0.331 e. The van der Waals surface area contributed by atoms with Gasteiger partial charge in [-0.05, 0) is 75.4 Å². The van der Waals surface area contributed by atoms with Gasteiger partial charge in [-0.15, -0.1) is 0 Å². The first kappa shape index (κ1) is 29.8. The van der Waals surface area contributed by atoms with E-state index in [0.29, 0.717) is 29.4 Å². The third kappa shape index (κ3) is 6.27. The molecule has 3 aromatic rings. The highest BCUT2D eigenvalue weighted by molar-refractivity contribution is 6.32. The van der Waals surface area contributed by atoms with Gasteiger partial charge in [0.1, 0.15) is 6.07 Å². The number of benzene rings is 2. The van der Waals surface area contributed by atoms with Crippen LogP contribution in [0.15, 0.2) is 46.0 Å². The van der Waals surface area contributed by atoms with Gasteiger partial charge < -0.3 is 20.6 Å². The summed E-state index contributed by atoms with van der Waals surface area (Å²) < 4.78 is 2.83. The molecule has 5 rings (SSSR count). The summed E-state index contributed by atoms with van der Waals surface area (Å²) in [6.07, 6.45) is 1.96. The molecule has 2 aromatic carbocycles. The summed E-state index contributed by atoms with van der Waals surface area (Å²) in [5.74, 6) is -3.14. The molecule has 2 fully saturated rings. The lowest BCUT2D eigenvalue weighted by Crippen LogP contribution is -2.50. The number of aliphatic carboxylic acids is 1. The second-order valence-electron chi connectivity index (χ2n) is 11.4. The molecular weight excluding hydrogens is 576 g/mol. The van der Waals surface area contributed by atoms with Crippen LogP contribution >= 0.6 is 11.6 Å².